The Morgan fingerprint density at radius 2 is 2.32 bits per heavy atom. The second kappa shape index (κ2) is 5.61. The van der Waals surface area contributed by atoms with Crippen molar-refractivity contribution in [3.8, 4) is 17.6 Å². The normalized spacial score (nSPS) is 18.7. The molecule has 1 unspecified atom stereocenters. The highest BCUT2D eigenvalue weighted by Gasteiger charge is 2.29. The van der Waals surface area contributed by atoms with Gasteiger partial charge in [0.25, 0.3) is 5.91 Å². The molecule has 1 aliphatic heterocycles. The number of para-hydroxylation sites is 1. The lowest BCUT2D eigenvalue weighted by Gasteiger charge is -2.31. The number of hydrogen-bond acceptors (Lipinski definition) is 4. The molecule has 1 aromatic carbocycles. The molecule has 1 aromatic rings. The molecule has 0 aliphatic carbocycles. The fraction of sp³-hybridized carbons (Fsp3) is 0.429. The third-order valence-electron chi connectivity index (χ3n) is 3.36. The van der Waals surface area contributed by atoms with Gasteiger partial charge in [0.1, 0.15) is 6.04 Å². The van der Waals surface area contributed by atoms with Gasteiger partial charge in [0.05, 0.1) is 18.7 Å². The van der Waals surface area contributed by atoms with Crippen LogP contribution in [0.25, 0.3) is 0 Å². The van der Waals surface area contributed by atoms with Crippen LogP contribution < -0.4 is 4.74 Å². The van der Waals surface area contributed by atoms with Crippen molar-refractivity contribution in [2.24, 2.45) is 0 Å². The quantitative estimate of drug-likeness (QED) is 0.881. The van der Waals surface area contributed by atoms with Crippen molar-refractivity contribution in [2.75, 3.05) is 13.7 Å². The molecule has 1 saturated heterocycles. The Balaban J connectivity index is 2.31. The lowest BCUT2D eigenvalue weighted by atomic mass is 10.0. The summed E-state index contributed by atoms with van der Waals surface area (Å²) in [7, 11) is 1.43. The number of methoxy groups -OCH3 is 1. The lowest BCUT2D eigenvalue weighted by Crippen LogP contribution is -2.42. The first-order chi connectivity index (χ1) is 9.19. The van der Waals surface area contributed by atoms with E-state index in [1.165, 1.54) is 12.0 Å². The van der Waals surface area contributed by atoms with Crippen LogP contribution in [-0.4, -0.2) is 35.6 Å². The molecule has 0 bridgehead atoms. The van der Waals surface area contributed by atoms with Gasteiger partial charge in [-0.3, -0.25) is 4.79 Å². The topological polar surface area (TPSA) is 73.6 Å². The average molecular weight is 260 g/mol. The van der Waals surface area contributed by atoms with E-state index in [-0.39, 0.29) is 23.0 Å². The molecule has 100 valence electrons. The van der Waals surface area contributed by atoms with Crippen molar-refractivity contribution >= 4 is 5.91 Å². The minimum absolute atomic E-state index is 0.169. The number of nitrogens with zero attached hydrogens (tertiary/aromatic N) is 2. The third-order valence-corrected chi connectivity index (χ3v) is 3.36. The summed E-state index contributed by atoms with van der Waals surface area (Å²) < 4.78 is 4.99. The predicted molar refractivity (Wildman–Crippen MR) is 68.9 cm³/mol. The number of likely N-dealkylation sites (tertiary alicyclic amines) is 1. The number of piperidine rings is 1. The molecule has 0 radical (unpaired) electrons. The van der Waals surface area contributed by atoms with Crippen LogP contribution in [0.3, 0.4) is 0 Å². The standard InChI is InChI=1S/C14H16N2O3/c1-19-12-7-4-6-11(13(12)17)14(18)16-8-3-2-5-10(16)9-15/h4,6-7,10,17H,2-3,5,8H2,1H3. The molecule has 0 saturated carbocycles. The molecule has 5 heteroatoms. The number of phenolic OH excluding ortho intramolecular Hbond substituents is 1. The molecule has 1 atom stereocenters. The largest absolute Gasteiger partial charge is 0.504 e. The first-order valence-corrected chi connectivity index (χ1v) is 6.25. The zero-order chi connectivity index (χ0) is 13.8. The van der Waals surface area contributed by atoms with Crippen molar-refractivity contribution < 1.29 is 14.6 Å². The van der Waals surface area contributed by atoms with Gasteiger partial charge in [-0.2, -0.15) is 5.26 Å². The predicted octanol–water partition coefficient (Wildman–Crippen LogP) is 1.92. The van der Waals surface area contributed by atoms with Crippen LogP contribution in [0.1, 0.15) is 29.6 Å². The van der Waals surface area contributed by atoms with Gasteiger partial charge in [0.2, 0.25) is 0 Å². The van der Waals surface area contributed by atoms with Crippen molar-refractivity contribution in [3.63, 3.8) is 0 Å². The summed E-state index contributed by atoms with van der Waals surface area (Å²) in [4.78, 5) is 13.9. The lowest BCUT2D eigenvalue weighted by molar-refractivity contribution is 0.0667. The minimum Gasteiger partial charge on any atom is -0.504 e. The van der Waals surface area contributed by atoms with Gasteiger partial charge >= 0.3 is 0 Å². The SMILES string of the molecule is COc1cccc(C(=O)N2CCCCC2C#N)c1O. The summed E-state index contributed by atoms with van der Waals surface area (Å²) in [5.74, 6) is -0.226. The maximum absolute atomic E-state index is 12.4. The number of aromatic hydroxyl groups is 1. The number of ether oxygens (including phenoxy) is 1. The number of phenols is 1. The van der Waals surface area contributed by atoms with Crippen LogP contribution in [0.5, 0.6) is 11.5 Å². The fourth-order valence-corrected chi connectivity index (χ4v) is 2.32. The first kappa shape index (κ1) is 13.2. The Morgan fingerprint density at radius 1 is 1.53 bits per heavy atom. The highest BCUT2D eigenvalue weighted by atomic mass is 16.5. The van der Waals surface area contributed by atoms with E-state index in [4.69, 9.17) is 10.00 Å². The third kappa shape index (κ3) is 2.48. The monoisotopic (exact) mass is 260 g/mol. The molecular formula is C14H16N2O3. The van der Waals surface area contributed by atoms with E-state index < -0.39 is 6.04 Å². The number of benzene rings is 1. The highest BCUT2D eigenvalue weighted by molar-refractivity contribution is 5.98. The van der Waals surface area contributed by atoms with E-state index in [1.807, 2.05) is 0 Å². The van der Waals surface area contributed by atoms with Gasteiger partial charge in [-0.1, -0.05) is 6.07 Å². The van der Waals surface area contributed by atoms with E-state index in [0.717, 1.165) is 12.8 Å². The number of hydrogen-bond donors (Lipinski definition) is 1. The first-order valence-electron chi connectivity index (χ1n) is 6.25. The number of carbonyl (C=O) groups is 1. The summed E-state index contributed by atoms with van der Waals surface area (Å²) in [5.41, 5.74) is 0.182. The molecule has 1 aliphatic rings. The Kier molecular flexibility index (Phi) is 3.91. The molecule has 1 N–H and O–H groups in total. The maximum atomic E-state index is 12.4. The van der Waals surface area contributed by atoms with Crippen LogP contribution in [-0.2, 0) is 0 Å². The average Bonchev–Trinajstić information content (AvgIpc) is 2.46. The number of carbonyl (C=O) groups excluding carboxylic acids is 1. The smallest absolute Gasteiger partial charge is 0.258 e. The fourth-order valence-electron chi connectivity index (χ4n) is 2.32. The van der Waals surface area contributed by atoms with Gasteiger partial charge in [0.15, 0.2) is 11.5 Å². The van der Waals surface area contributed by atoms with Crippen molar-refractivity contribution in [2.45, 2.75) is 25.3 Å². The molecule has 2 rings (SSSR count). The molecular weight excluding hydrogens is 244 g/mol. The maximum Gasteiger partial charge on any atom is 0.258 e. The second-order valence-corrected chi connectivity index (χ2v) is 4.50. The van der Waals surface area contributed by atoms with Crippen LogP contribution >= 0.6 is 0 Å². The Labute approximate surface area is 112 Å². The van der Waals surface area contributed by atoms with Crippen LogP contribution in [0.2, 0.25) is 0 Å². The van der Waals surface area contributed by atoms with Crippen LogP contribution in [0, 0.1) is 11.3 Å². The summed E-state index contributed by atoms with van der Waals surface area (Å²) in [5, 5.41) is 19.1. The Hall–Kier alpha value is -2.22. The van der Waals surface area contributed by atoms with Crippen LogP contribution in [0.4, 0.5) is 0 Å². The number of nitriles is 1. The summed E-state index contributed by atoms with van der Waals surface area (Å²) in [6.45, 7) is 0.549. The van der Waals surface area contributed by atoms with E-state index in [2.05, 4.69) is 6.07 Å². The molecule has 19 heavy (non-hydrogen) atoms. The van der Waals surface area contributed by atoms with Gasteiger partial charge in [0, 0.05) is 6.54 Å². The summed E-state index contributed by atoms with van der Waals surface area (Å²) in [6, 6.07) is 6.52. The van der Waals surface area contributed by atoms with Crippen molar-refractivity contribution in [1.29, 1.82) is 5.26 Å². The Morgan fingerprint density at radius 3 is 3.00 bits per heavy atom. The Bertz CT molecular complexity index is 522. The summed E-state index contributed by atoms with van der Waals surface area (Å²) >= 11 is 0. The molecule has 1 heterocycles. The van der Waals surface area contributed by atoms with Gasteiger partial charge in [-0.25, -0.2) is 0 Å². The van der Waals surface area contributed by atoms with Crippen molar-refractivity contribution in [1.82, 2.24) is 4.90 Å². The number of rotatable bonds is 2. The van der Waals surface area contributed by atoms with Gasteiger partial charge in [-0.05, 0) is 31.4 Å². The molecule has 0 aromatic heterocycles. The molecule has 1 amide bonds. The minimum atomic E-state index is -0.410. The highest BCUT2D eigenvalue weighted by Crippen LogP contribution is 2.31. The van der Waals surface area contributed by atoms with E-state index in [0.29, 0.717) is 13.0 Å². The molecule has 0 spiro atoms. The second-order valence-electron chi connectivity index (χ2n) is 4.50. The van der Waals surface area contributed by atoms with E-state index in [1.54, 1.807) is 18.2 Å². The number of amides is 1. The zero-order valence-electron chi connectivity index (χ0n) is 10.8. The van der Waals surface area contributed by atoms with Crippen LogP contribution in [0.15, 0.2) is 18.2 Å². The van der Waals surface area contributed by atoms with E-state index >= 15 is 0 Å². The van der Waals surface area contributed by atoms with E-state index in [9.17, 15) is 9.90 Å². The molecule has 5 nitrogen and oxygen atoms in total. The van der Waals surface area contributed by atoms with Crippen molar-refractivity contribution in [3.05, 3.63) is 23.8 Å². The van der Waals surface area contributed by atoms with Gasteiger partial charge in [-0.15, -0.1) is 0 Å². The summed E-state index contributed by atoms with van der Waals surface area (Å²) in [6.07, 6.45) is 2.52. The molecule has 1 fully saturated rings. The zero-order valence-corrected chi connectivity index (χ0v) is 10.8. The van der Waals surface area contributed by atoms with Gasteiger partial charge < -0.3 is 14.7 Å².